The van der Waals surface area contributed by atoms with Crippen molar-refractivity contribution in [2.24, 2.45) is 0 Å². The molecule has 29 heavy (non-hydrogen) atoms. The van der Waals surface area contributed by atoms with Crippen molar-refractivity contribution in [1.82, 2.24) is 9.21 Å². The first kappa shape index (κ1) is 20.1. The summed E-state index contributed by atoms with van der Waals surface area (Å²) >= 11 is 6.09. The van der Waals surface area contributed by atoms with Crippen molar-refractivity contribution in [2.45, 2.75) is 10.9 Å². The van der Waals surface area contributed by atoms with Crippen molar-refractivity contribution in [3.05, 3.63) is 101 Å². The lowest BCUT2D eigenvalue weighted by molar-refractivity contribution is 0.156. The summed E-state index contributed by atoms with van der Waals surface area (Å²) in [5, 5.41) is 0.708. The Hall–Kier alpha value is -2.18. The zero-order valence-electron chi connectivity index (χ0n) is 16.0. The third-order valence-electron chi connectivity index (χ3n) is 5.32. The van der Waals surface area contributed by atoms with Crippen LogP contribution >= 0.6 is 11.6 Å². The van der Waals surface area contributed by atoms with Crippen LogP contribution < -0.4 is 0 Å². The lowest BCUT2D eigenvalue weighted by Crippen LogP contribution is -2.49. The van der Waals surface area contributed by atoms with E-state index in [1.54, 1.807) is 28.6 Å². The van der Waals surface area contributed by atoms with Crippen LogP contribution in [0.1, 0.15) is 17.2 Å². The van der Waals surface area contributed by atoms with Gasteiger partial charge >= 0.3 is 0 Å². The number of nitrogens with zero attached hydrogens (tertiary/aromatic N) is 2. The van der Waals surface area contributed by atoms with E-state index >= 15 is 0 Å². The normalized spacial score (nSPS) is 17.1. The molecule has 1 saturated heterocycles. The molecule has 1 heterocycles. The average molecular weight is 427 g/mol. The molecule has 1 fully saturated rings. The van der Waals surface area contributed by atoms with Gasteiger partial charge in [0.2, 0.25) is 10.0 Å². The van der Waals surface area contributed by atoms with Gasteiger partial charge in [-0.1, -0.05) is 72.3 Å². The summed E-state index contributed by atoms with van der Waals surface area (Å²) in [6.45, 7) is 2.25. The molecule has 0 amide bonds. The molecule has 0 radical (unpaired) electrons. The summed E-state index contributed by atoms with van der Waals surface area (Å²) in [6, 6.07) is 26.9. The highest BCUT2D eigenvalue weighted by atomic mass is 35.5. The monoisotopic (exact) mass is 426 g/mol. The molecule has 4 rings (SSSR count). The summed E-state index contributed by atoms with van der Waals surface area (Å²) in [5.74, 6) is 0. The fraction of sp³-hybridized carbons (Fsp3) is 0.217. The maximum absolute atomic E-state index is 12.9. The zero-order chi connectivity index (χ0) is 20.3. The Morgan fingerprint density at radius 2 is 1.21 bits per heavy atom. The minimum atomic E-state index is -3.46. The maximum Gasteiger partial charge on any atom is 0.243 e. The van der Waals surface area contributed by atoms with Crippen LogP contribution in [0.25, 0.3) is 0 Å². The van der Waals surface area contributed by atoms with Gasteiger partial charge in [-0.2, -0.15) is 4.31 Å². The zero-order valence-corrected chi connectivity index (χ0v) is 17.6. The second-order valence-electron chi connectivity index (χ2n) is 7.12. The summed E-state index contributed by atoms with van der Waals surface area (Å²) in [7, 11) is -3.46. The molecule has 4 nitrogen and oxygen atoms in total. The lowest BCUT2D eigenvalue weighted by atomic mass is 9.96. The van der Waals surface area contributed by atoms with E-state index in [4.69, 9.17) is 11.6 Å². The fourth-order valence-electron chi connectivity index (χ4n) is 3.84. The Bertz CT molecular complexity index is 1030. The Balaban J connectivity index is 1.56. The number of sulfonamides is 1. The molecular formula is C23H23ClN2O2S. The van der Waals surface area contributed by atoms with E-state index in [0.29, 0.717) is 36.1 Å². The van der Waals surface area contributed by atoms with Crippen molar-refractivity contribution in [2.75, 3.05) is 26.2 Å². The summed E-state index contributed by atoms with van der Waals surface area (Å²) in [5.41, 5.74) is 2.34. The quantitative estimate of drug-likeness (QED) is 0.605. The SMILES string of the molecule is O=S(=O)(c1ccccc1)N1CCN([C@@H](c2ccccc2)c2ccc(Cl)cc2)CC1. The minimum absolute atomic E-state index is 0.0649. The largest absolute Gasteiger partial charge is 0.290 e. The van der Waals surface area contributed by atoms with Crippen LogP contribution in [-0.4, -0.2) is 43.8 Å². The molecule has 3 aromatic rings. The smallest absolute Gasteiger partial charge is 0.243 e. The predicted octanol–water partition coefficient (Wildman–Crippen LogP) is 4.44. The highest BCUT2D eigenvalue weighted by molar-refractivity contribution is 7.89. The van der Waals surface area contributed by atoms with Gasteiger partial charge in [-0.05, 0) is 35.4 Å². The topological polar surface area (TPSA) is 40.6 Å². The molecule has 0 aromatic heterocycles. The van der Waals surface area contributed by atoms with Gasteiger partial charge in [0.25, 0.3) is 0 Å². The van der Waals surface area contributed by atoms with Gasteiger partial charge in [-0.3, -0.25) is 4.90 Å². The van der Waals surface area contributed by atoms with Crippen LogP contribution in [-0.2, 0) is 10.0 Å². The van der Waals surface area contributed by atoms with Crippen molar-refractivity contribution in [3.8, 4) is 0 Å². The van der Waals surface area contributed by atoms with E-state index in [-0.39, 0.29) is 6.04 Å². The van der Waals surface area contributed by atoms with Gasteiger partial charge in [0.15, 0.2) is 0 Å². The van der Waals surface area contributed by atoms with Crippen LogP contribution in [0.2, 0.25) is 5.02 Å². The van der Waals surface area contributed by atoms with Crippen LogP contribution in [0, 0.1) is 0 Å². The van der Waals surface area contributed by atoms with E-state index in [2.05, 4.69) is 17.0 Å². The molecule has 1 atom stereocenters. The molecule has 1 aliphatic rings. The van der Waals surface area contributed by atoms with E-state index in [1.165, 1.54) is 5.56 Å². The third kappa shape index (κ3) is 4.38. The molecule has 1 aliphatic heterocycles. The number of benzene rings is 3. The average Bonchev–Trinajstić information content (AvgIpc) is 2.77. The Labute approximate surface area is 177 Å². The molecule has 0 N–H and O–H groups in total. The van der Waals surface area contributed by atoms with Crippen LogP contribution in [0.4, 0.5) is 0 Å². The second kappa shape index (κ2) is 8.67. The summed E-state index contributed by atoms with van der Waals surface area (Å²) in [4.78, 5) is 2.70. The van der Waals surface area contributed by atoms with Crippen molar-refractivity contribution >= 4 is 21.6 Å². The lowest BCUT2D eigenvalue weighted by Gasteiger charge is -2.39. The molecule has 0 bridgehead atoms. The molecule has 150 valence electrons. The van der Waals surface area contributed by atoms with Gasteiger partial charge < -0.3 is 0 Å². The first-order chi connectivity index (χ1) is 14.1. The number of hydrogen-bond acceptors (Lipinski definition) is 3. The van der Waals surface area contributed by atoms with Gasteiger partial charge in [0.05, 0.1) is 10.9 Å². The first-order valence-corrected chi connectivity index (χ1v) is 11.5. The predicted molar refractivity (Wildman–Crippen MR) is 117 cm³/mol. The standard InChI is InChI=1S/C23H23ClN2O2S/c24-21-13-11-20(12-14-21)23(19-7-3-1-4-8-19)25-15-17-26(18-16-25)29(27,28)22-9-5-2-6-10-22/h1-14,23H,15-18H2/t23-/m0/s1. The van der Waals surface area contributed by atoms with Crippen molar-refractivity contribution in [3.63, 3.8) is 0 Å². The molecule has 0 unspecified atom stereocenters. The van der Waals surface area contributed by atoms with Gasteiger partial charge in [-0.15, -0.1) is 0 Å². The first-order valence-electron chi connectivity index (χ1n) is 9.65. The molecular weight excluding hydrogens is 404 g/mol. The van der Waals surface area contributed by atoms with Crippen molar-refractivity contribution in [1.29, 1.82) is 0 Å². The highest BCUT2D eigenvalue weighted by Gasteiger charge is 2.32. The molecule has 6 heteroatoms. The Kier molecular flexibility index (Phi) is 6.01. The van der Waals surface area contributed by atoms with Crippen LogP contribution in [0.3, 0.4) is 0 Å². The van der Waals surface area contributed by atoms with Gasteiger partial charge in [0, 0.05) is 31.2 Å². The number of hydrogen-bond donors (Lipinski definition) is 0. The number of halogens is 1. The molecule has 0 saturated carbocycles. The number of rotatable bonds is 5. The third-order valence-corrected chi connectivity index (χ3v) is 7.49. The summed E-state index contributed by atoms with van der Waals surface area (Å²) in [6.07, 6.45) is 0. The van der Waals surface area contributed by atoms with E-state index in [0.717, 1.165) is 5.56 Å². The van der Waals surface area contributed by atoms with E-state index in [9.17, 15) is 8.42 Å². The molecule has 0 aliphatic carbocycles. The minimum Gasteiger partial charge on any atom is -0.290 e. The van der Waals surface area contributed by atoms with Crippen molar-refractivity contribution < 1.29 is 8.42 Å². The highest BCUT2D eigenvalue weighted by Crippen LogP contribution is 2.31. The Morgan fingerprint density at radius 3 is 1.79 bits per heavy atom. The van der Waals surface area contributed by atoms with E-state index < -0.39 is 10.0 Å². The number of piperazine rings is 1. The second-order valence-corrected chi connectivity index (χ2v) is 9.49. The van der Waals surface area contributed by atoms with E-state index in [1.807, 2.05) is 48.5 Å². The van der Waals surface area contributed by atoms with Crippen LogP contribution in [0.5, 0.6) is 0 Å². The maximum atomic E-state index is 12.9. The van der Waals surface area contributed by atoms with Gasteiger partial charge in [-0.25, -0.2) is 8.42 Å². The summed E-state index contributed by atoms with van der Waals surface area (Å²) < 4.78 is 27.5. The molecule has 3 aromatic carbocycles. The Morgan fingerprint density at radius 1 is 0.690 bits per heavy atom. The molecule has 0 spiro atoms. The van der Waals surface area contributed by atoms with Crippen LogP contribution in [0.15, 0.2) is 89.8 Å². The van der Waals surface area contributed by atoms with Gasteiger partial charge in [0.1, 0.15) is 0 Å². The fourth-order valence-corrected chi connectivity index (χ4v) is 5.41.